The summed E-state index contributed by atoms with van der Waals surface area (Å²) in [6, 6.07) is 8.36. The molecule has 7 aliphatic carbocycles. The minimum absolute atomic E-state index is 0.0843. The molecule has 4 aliphatic heterocycles. The van der Waals surface area contributed by atoms with E-state index in [1.165, 1.54) is 148 Å². The van der Waals surface area contributed by atoms with Gasteiger partial charge in [0, 0.05) is 23.4 Å². The largest absolute Gasteiger partial charge is 0.374 e. The summed E-state index contributed by atoms with van der Waals surface area (Å²) in [6.07, 6.45) is 35.6. The van der Waals surface area contributed by atoms with Crippen LogP contribution in [0.25, 0.3) is 0 Å². The molecule has 4 heterocycles. The van der Waals surface area contributed by atoms with Crippen molar-refractivity contribution in [3.63, 3.8) is 0 Å². The van der Waals surface area contributed by atoms with Gasteiger partial charge in [0.25, 0.3) is 0 Å². The lowest BCUT2D eigenvalue weighted by atomic mass is 9.55. The lowest BCUT2D eigenvalue weighted by Crippen LogP contribution is -2.50. The summed E-state index contributed by atoms with van der Waals surface area (Å²) < 4.78 is 7.16. The molecule has 7 saturated carbocycles. The van der Waals surface area contributed by atoms with Crippen molar-refractivity contribution in [2.24, 2.45) is 82.9 Å². The molecule has 0 amide bonds. The van der Waals surface area contributed by atoms with Crippen LogP contribution < -0.4 is 5.32 Å². The number of piperidine rings is 1. The molecule has 0 radical (unpaired) electrons. The van der Waals surface area contributed by atoms with E-state index in [9.17, 15) is 10.5 Å². The van der Waals surface area contributed by atoms with Crippen molar-refractivity contribution < 1.29 is 4.74 Å². The van der Waals surface area contributed by atoms with Gasteiger partial charge in [0.2, 0.25) is 0 Å². The summed E-state index contributed by atoms with van der Waals surface area (Å²) in [6.45, 7) is 1.13. The number of fused-ring (bicyclic) bond motifs is 9. The van der Waals surface area contributed by atoms with Crippen LogP contribution in [-0.4, -0.2) is 52.4 Å². The third-order valence-corrected chi connectivity index (χ3v) is 21.8. The minimum atomic E-state index is 0.0843. The number of hydrogen-bond acceptors (Lipinski definition) is 6. The molecule has 0 aromatic rings. The van der Waals surface area contributed by atoms with E-state index in [0.29, 0.717) is 41.3 Å². The highest BCUT2D eigenvalue weighted by molar-refractivity contribution is 8.00. The van der Waals surface area contributed by atoms with Crippen molar-refractivity contribution in [2.75, 3.05) is 6.54 Å². The molecule has 16 atom stereocenters. The highest BCUT2D eigenvalue weighted by Crippen LogP contribution is 2.61. The zero-order valence-corrected chi connectivity index (χ0v) is 35.0. The van der Waals surface area contributed by atoms with Crippen LogP contribution in [-0.2, 0) is 4.74 Å². The van der Waals surface area contributed by atoms with Crippen molar-refractivity contribution >= 4 is 11.8 Å². The lowest BCUT2D eigenvalue weighted by Gasteiger charge is -2.49. The number of thioether (sulfide) groups is 1. The topological polar surface area (TPSA) is 72.1 Å². The predicted octanol–water partition coefficient (Wildman–Crippen LogP) is 10.7. The fraction of sp³-hybridized carbons (Fsp3) is 0.959. The zero-order chi connectivity index (χ0) is 36.6. The molecule has 302 valence electrons. The van der Waals surface area contributed by atoms with Crippen molar-refractivity contribution in [3.8, 4) is 12.1 Å². The molecule has 0 aromatic carbocycles. The fourth-order valence-corrected chi connectivity index (χ4v) is 20.0. The first kappa shape index (κ1) is 37.2. The second-order valence-corrected chi connectivity index (χ2v) is 23.4. The average molecular weight is 767 g/mol. The maximum Gasteiger partial charge on any atom is 0.0659 e. The standard InChI is InChI=1S/C49H74N4OS/c50-27-33-22-32(36-20-21-52-49-48(36)38-11-5-7-13-46(38)55-49)23-34(28-51)47(33)30-16-14-29(15-17-30)31-18-19-44-40(24-31)41-25-39-37-10-4-6-12-42(37)53(35-8-2-1-3-9-35)43(39)26-45(41)54-44/h29-49,52H,1-26H2. The van der Waals surface area contributed by atoms with Crippen molar-refractivity contribution in [1.29, 1.82) is 10.5 Å². The molecule has 1 N–H and O–H groups in total. The first-order chi connectivity index (χ1) is 27.2. The molecule has 11 fully saturated rings. The molecule has 11 rings (SSSR count). The third-order valence-electron chi connectivity index (χ3n) is 20.1. The number of nitriles is 2. The van der Waals surface area contributed by atoms with E-state index in [0.717, 1.165) is 90.1 Å². The Balaban J connectivity index is 0.728. The molecule has 11 aliphatic rings. The van der Waals surface area contributed by atoms with Gasteiger partial charge in [0.15, 0.2) is 0 Å². The summed E-state index contributed by atoms with van der Waals surface area (Å²) in [5, 5.41) is 26.9. The van der Waals surface area contributed by atoms with Gasteiger partial charge in [-0.15, -0.1) is 11.8 Å². The van der Waals surface area contributed by atoms with Gasteiger partial charge in [-0.2, -0.15) is 10.5 Å². The molecular formula is C49H74N4OS. The molecule has 16 unspecified atom stereocenters. The van der Waals surface area contributed by atoms with Crippen molar-refractivity contribution in [1.82, 2.24) is 10.2 Å². The van der Waals surface area contributed by atoms with Crippen LogP contribution in [0, 0.1) is 106 Å². The van der Waals surface area contributed by atoms with Gasteiger partial charge in [0.05, 0.1) is 41.6 Å². The Morgan fingerprint density at radius 3 is 1.98 bits per heavy atom. The van der Waals surface area contributed by atoms with Gasteiger partial charge in [-0.05, 0) is 193 Å². The second kappa shape index (κ2) is 15.7. The first-order valence-electron chi connectivity index (χ1n) is 24.8. The van der Waals surface area contributed by atoms with Crippen LogP contribution in [0.5, 0.6) is 0 Å². The summed E-state index contributed by atoms with van der Waals surface area (Å²) in [7, 11) is 0. The Kier molecular flexibility index (Phi) is 10.6. The van der Waals surface area contributed by atoms with E-state index in [-0.39, 0.29) is 11.8 Å². The fourth-order valence-electron chi connectivity index (χ4n) is 18.0. The Labute approximate surface area is 339 Å². The van der Waals surface area contributed by atoms with Crippen LogP contribution in [0.1, 0.15) is 161 Å². The van der Waals surface area contributed by atoms with E-state index in [1.807, 2.05) is 0 Å². The Morgan fingerprint density at radius 1 is 0.491 bits per heavy atom. The number of rotatable bonds is 4. The molecule has 55 heavy (non-hydrogen) atoms. The van der Waals surface area contributed by atoms with Gasteiger partial charge in [-0.25, -0.2) is 0 Å². The van der Waals surface area contributed by atoms with Crippen molar-refractivity contribution in [3.05, 3.63) is 0 Å². The molecule has 0 spiro atoms. The number of ether oxygens (including phenoxy) is 1. The van der Waals surface area contributed by atoms with Gasteiger partial charge in [-0.3, -0.25) is 4.90 Å². The maximum atomic E-state index is 10.7. The number of likely N-dealkylation sites (tertiary alicyclic amines) is 1. The average Bonchev–Trinajstić information content (AvgIpc) is 3.91. The summed E-state index contributed by atoms with van der Waals surface area (Å²) in [5.74, 6) is 9.27. The lowest BCUT2D eigenvalue weighted by molar-refractivity contribution is -0.0316. The van der Waals surface area contributed by atoms with E-state index in [4.69, 9.17) is 4.74 Å². The van der Waals surface area contributed by atoms with E-state index < -0.39 is 0 Å². The van der Waals surface area contributed by atoms with Crippen molar-refractivity contribution in [2.45, 2.75) is 201 Å². The molecular weight excluding hydrogens is 693 g/mol. The molecule has 6 heteroatoms. The number of nitrogens with zero attached hydrogens (tertiary/aromatic N) is 3. The molecule has 5 nitrogen and oxygen atoms in total. The van der Waals surface area contributed by atoms with Gasteiger partial charge in [-0.1, -0.05) is 44.9 Å². The smallest absolute Gasteiger partial charge is 0.0659 e. The normalized spacial score (nSPS) is 54.1. The monoisotopic (exact) mass is 767 g/mol. The van der Waals surface area contributed by atoms with E-state index >= 15 is 0 Å². The van der Waals surface area contributed by atoms with E-state index in [2.05, 4.69) is 34.1 Å². The first-order valence-corrected chi connectivity index (χ1v) is 25.7. The van der Waals surface area contributed by atoms with Gasteiger partial charge < -0.3 is 10.1 Å². The summed E-state index contributed by atoms with van der Waals surface area (Å²) in [4.78, 5) is 3.18. The maximum absolute atomic E-state index is 10.7. The Hall–Kier alpha value is -0.790. The highest BCUT2D eigenvalue weighted by atomic mass is 32.2. The van der Waals surface area contributed by atoms with Gasteiger partial charge in [0.1, 0.15) is 0 Å². The molecule has 0 bridgehead atoms. The molecule has 0 aromatic heterocycles. The summed E-state index contributed by atoms with van der Waals surface area (Å²) in [5.41, 5.74) is 0. The van der Waals surface area contributed by atoms with Crippen LogP contribution in [0.15, 0.2) is 0 Å². The Bertz CT molecular complexity index is 1420. The quantitative estimate of drug-likeness (QED) is 0.307. The van der Waals surface area contributed by atoms with Crippen LogP contribution in [0.2, 0.25) is 0 Å². The second-order valence-electron chi connectivity index (χ2n) is 22.1. The van der Waals surface area contributed by atoms with Gasteiger partial charge >= 0.3 is 0 Å². The zero-order valence-electron chi connectivity index (χ0n) is 34.2. The number of hydrogen-bond donors (Lipinski definition) is 1. The highest BCUT2D eigenvalue weighted by Gasteiger charge is 2.60. The number of nitrogens with one attached hydrogen (secondary N) is 1. The Morgan fingerprint density at radius 2 is 1.18 bits per heavy atom. The van der Waals surface area contributed by atoms with Crippen LogP contribution in [0.4, 0.5) is 0 Å². The summed E-state index contributed by atoms with van der Waals surface area (Å²) >= 11 is 2.27. The van der Waals surface area contributed by atoms with Crippen LogP contribution >= 0.6 is 11.8 Å². The van der Waals surface area contributed by atoms with Crippen LogP contribution in [0.3, 0.4) is 0 Å². The SMILES string of the molecule is N#CC1CC(C2CCNC3SC4CCCCC4C32)CC(C#N)C1C1CCC(C2CCC3OC4CC5C(CC4C3C2)C2CCCCC2N5C2CCCCC2)CC1. The minimum Gasteiger partial charge on any atom is -0.374 e. The third kappa shape index (κ3) is 6.53. The van der Waals surface area contributed by atoms with E-state index in [1.54, 1.807) is 0 Å². The predicted molar refractivity (Wildman–Crippen MR) is 221 cm³/mol. The molecule has 4 saturated heterocycles.